The molecular formula is C13H10ClNO3. The quantitative estimate of drug-likeness (QED) is 0.659. The van der Waals surface area contributed by atoms with E-state index in [0.717, 1.165) is 0 Å². The first kappa shape index (κ1) is 12.4. The second-order valence-electron chi connectivity index (χ2n) is 3.53. The van der Waals surface area contributed by atoms with Gasteiger partial charge < -0.3 is 10.2 Å². The molecule has 4 nitrogen and oxygen atoms in total. The van der Waals surface area contributed by atoms with Crippen molar-refractivity contribution >= 4 is 23.2 Å². The molecule has 0 unspecified atom stereocenters. The maximum atomic E-state index is 12.0. The van der Waals surface area contributed by atoms with Crippen LogP contribution in [0.5, 0.6) is 5.75 Å². The number of para-hydroxylation sites is 2. The van der Waals surface area contributed by atoms with E-state index in [1.54, 1.807) is 30.3 Å². The Morgan fingerprint density at radius 3 is 2.50 bits per heavy atom. The summed E-state index contributed by atoms with van der Waals surface area (Å²) in [4.78, 5) is 16.1. The van der Waals surface area contributed by atoms with Crippen LogP contribution in [0, 0.1) is 0 Å². The summed E-state index contributed by atoms with van der Waals surface area (Å²) >= 11 is 5.81. The predicted octanol–water partition coefficient (Wildman–Crippen LogP) is 3.44. The third-order valence-electron chi connectivity index (χ3n) is 2.33. The van der Waals surface area contributed by atoms with Crippen LogP contribution in [0.4, 0.5) is 5.69 Å². The number of nitrogens with one attached hydrogen (secondary N) is 1. The number of hydrogen-bond donors (Lipinski definition) is 2. The molecule has 0 aliphatic carbocycles. The molecule has 0 aliphatic heterocycles. The average Bonchev–Trinajstić information content (AvgIpc) is 2.39. The molecule has 0 radical (unpaired) electrons. The molecule has 2 aromatic rings. The monoisotopic (exact) mass is 263 g/mol. The fourth-order valence-corrected chi connectivity index (χ4v) is 1.71. The zero-order chi connectivity index (χ0) is 13.0. The second-order valence-corrected chi connectivity index (χ2v) is 3.94. The summed E-state index contributed by atoms with van der Waals surface area (Å²) in [6, 6.07) is 13.6. The van der Waals surface area contributed by atoms with Crippen molar-refractivity contribution in [3.05, 3.63) is 59.1 Å². The SMILES string of the molecule is O=C(Nc1ccccc1)c1cccc(Cl)c1OO. The zero-order valence-corrected chi connectivity index (χ0v) is 10.0. The average molecular weight is 264 g/mol. The molecule has 0 spiro atoms. The number of amides is 1. The lowest BCUT2D eigenvalue weighted by atomic mass is 10.2. The summed E-state index contributed by atoms with van der Waals surface area (Å²) in [6.07, 6.45) is 0. The maximum Gasteiger partial charge on any atom is 0.259 e. The van der Waals surface area contributed by atoms with Gasteiger partial charge in [0.05, 0.1) is 10.6 Å². The van der Waals surface area contributed by atoms with Crippen LogP contribution in [0.1, 0.15) is 10.4 Å². The Morgan fingerprint density at radius 2 is 1.83 bits per heavy atom. The molecule has 0 bridgehead atoms. The van der Waals surface area contributed by atoms with Crippen LogP contribution >= 0.6 is 11.6 Å². The highest BCUT2D eigenvalue weighted by molar-refractivity contribution is 6.32. The molecule has 1 amide bonds. The lowest BCUT2D eigenvalue weighted by Gasteiger charge is -2.08. The van der Waals surface area contributed by atoms with E-state index in [4.69, 9.17) is 16.9 Å². The van der Waals surface area contributed by atoms with Crippen molar-refractivity contribution < 1.29 is 14.9 Å². The van der Waals surface area contributed by atoms with Crippen LogP contribution in [0.15, 0.2) is 48.5 Å². The van der Waals surface area contributed by atoms with Crippen LogP contribution in [0.3, 0.4) is 0 Å². The fourth-order valence-electron chi connectivity index (χ4n) is 1.50. The molecular weight excluding hydrogens is 254 g/mol. The van der Waals surface area contributed by atoms with E-state index in [9.17, 15) is 4.79 Å². The van der Waals surface area contributed by atoms with Gasteiger partial charge in [0.25, 0.3) is 5.91 Å². The van der Waals surface area contributed by atoms with Gasteiger partial charge in [-0.1, -0.05) is 35.9 Å². The van der Waals surface area contributed by atoms with Gasteiger partial charge in [-0.05, 0) is 24.3 Å². The van der Waals surface area contributed by atoms with Gasteiger partial charge >= 0.3 is 0 Å². The summed E-state index contributed by atoms with van der Waals surface area (Å²) < 4.78 is 0. The molecule has 18 heavy (non-hydrogen) atoms. The summed E-state index contributed by atoms with van der Waals surface area (Å²) in [7, 11) is 0. The van der Waals surface area contributed by atoms with Crippen LogP contribution in [-0.2, 0) is 0 Å². The molecule has 0 fully saturated rings. The number of rotatable bonds is 3. The van der Waals surface area contributed by atoms with Gasteiger partial charge in [0, 0.05) is 5.69 Å². The van der Waals surface area contributed by atoms with Crippen molar-refractivity contribution in [2.75, 3.05) is 5.32 Å². The van der Waals surface area contributed by atoms with Gasteiger partial charge in [-0.2, -0.15) is 0 Å². The standard InChI is InChI=1S/C13H10ClNO3/c14-11-8-4-7-10(12(11)18-17)13(16)15-9-5-2-1-3-6-9/h1-8,17H,(H,15,16). The van der Waals surface area contributed by atoms with Crippen molar-refractivity contribution in [3.63, 3.8) is 0 Å². The Kier molecular flexibility index (Phi) is 3.82. The minimum Gasteiger partial charge on any atom is -0.338 e. The van der Waals surface area contributed by atoms with Gasteiger partial charge in [-0.15, -0.1) is 0 Å². The molecule has 0 aliphatic rings. The van der Waals surface area contributed by atoms with Gasteiger partial charge in [0.15, 0.2) is 5.75 Å². The number of hydrogen-bond acceptors (Lipinski definition) is 3. The van der Waals surface area contributed by atoms with Crippen molar-refractivity contribution in [1.29, 1.82) is 0 Å². The van der Waals surface area contributed by atoms with Crippen molar-refractivity contribution in [1.82, 2.24) is 0 Å². The number of anilines is 1. The molecule has 0 saturated carbocycles. The largest absolute Gasteiger partial charge is 0.338 e. The van der Waals surface area contributed by atoms with Crippen molar-refractivity contribution in [2.45, 2.75) is 0 Å². The van der Waals surface area contributed by atoms with E-state index >= 15 is 0 Å². The lowest BCUT2D eigenvalue weighted by molar-refractivity contribution is -0.137. The topological polar surface area (TPSA) is 58.6 Å². The lowest BCUT2D eigenvalue weighted by Crippen LogP contribution is -2.13. The first-order valence-electron chi connectivity index (χ1n) is 5.18. The van der Waals surface area contributed by atoms with E-state index in [1.807, 2.05) is 6.07 Å². The number of carbonyl (C=O) groups excluding carboxylic acids is 1. The van der Waals surface area contributed by atoms with Gasteiger partial charge in [-0.25, -0.2) is 5.26 Å². The highest BCUT2D eigenvalue weighted by Crippen LogP contribution is 2.28. The first-order valence-corrected chi connectivity index (χ1v) is 5.56. The number of halogens is 1. The molecule has 2 aromatic carbocycles. The molecule has 2 N–H and O–H groups in total. The molecule has 0 saturated heterocycles. The van der Waals surface area contributed by atoms with Crippen LogP contribution in [0.2, 0.25) is 5.02 Å². The van der Waals surface area contributed by atoms with E-state index in [-0.39, 0.29) is 16.3 Å². The molecule has 92 valence electrons. The van der Waals surface area contributed by atoms with E-state index < -0.39 is 5.91 Å². The molecule has 2 rings (SSSR count). The molecule has 5 heteroatoms. The normalized spacial score (nSPS) is 9.89. The summed E-state index contributed by atoms with van der Waals surface area (Å²) in [5.74, 6) is -0.472. The Bertz CT molecular complexity index is 557. The van der Waals surface area contributed by atoms with Crippen LogP contribution in [0.25, 0.3) is 0 Å². The highest BCUT2D eigenvalue weighted by Gasteiger charge is 2.16. The predicted molar refractivity (Wildman–Crippen MR) is 69.1 cm³/mol. The minimum atomic E-state index is -0.409. The minimum absolute atomic E-state index is 0.0624. The van der Waals surface area contributed by atoms with Crippen LogP contribution < -0.4 is 10.2 Å². The first-order chi connectivity index (χ1) is 8.72. The zero-order valence-electron chi connectivity index (χ0n) is 9.26. The van der Waals surface area contributed by atoms with Crippen molar-refractivity contribution in [2.24, 2.45) is 0 Å². The van der Waals surface area contributed by atoms with E-state index in [1.165, 1.54) is 12.1 Å². The Morgan fingerprint density at radius 1 is 1.11 bits per heavy atom. The van der Waals surface area contributed by atoms with Crippen LogP contribution in [-0.4, -0.2) is 11.2 Å². The summed E-state index contributed by atoms with van der Waals surface area (Å²) in [5.41, 5.74) is 0.806. The fraction of sp³-hybridized carbons (Fsp3) is 0. The van der Waals surface area contributed by atoms with Gasteiger partial charge in [0.2, 0.25) is 0 Å². The highest BCUT2D eigenvalue weighted by atomic mass is 35.5. The number of benzene rings is 2. The maximum absolute atomic E-state index is 12.0. The van der Waals surface area contributed by atoms with E-state index in [0.29, 0.717) is 5.69 Å². The Labute approximate surface area is 109 Å². The van der Waals surface area contributed by atoms with Crippen molar-refractivity contribution in [3.8, 4) is 5.75 Å². The summed E-state index contributed by atoms with van der Waals surface area (Å²) in [6.45, 7) is 0. The van der Waals surface area contributed by atoms with Gasteiger partial charge in [0.1, 0.15) is 0 Å². The Balaban J connectivity index is 2.27. The number of carbonyl (C=O) groups is 1. The summed E-state index contributed by atoms with van der Waals surface area (Å²) in [5, 5.41) is 11.6. The Hall–Kier alpha value is -2.04. The molecule has 0 heterocycles. The van der Waals surface area contributed by atoms with Gasteiger partial charge in [-0.3, -0.25) is 4.79 Å². The second kappa shape index (κ2) is 5.53. The van der Waals surface area contributed by atoms with E-state index in [2.05, 4.69) is 10.2 Å². The molecule has 0 atom stereocenters. The third kappa shape index (κ3) is 2.61. The third-order valence-corrected chi connectivity index (χ3v) is 2.63. The molecule has 0 aromatic heterocycles. The smallest absolute Gasteiger partial charge is 0.259 e.